The molecule has 0 saturated carbocycles. The number of carbonyl (C=O) groups is 2. The SMILES string of the molecule is C#C/C=C\C=C1/CC(=O)N(C)c2cnc(NC(=O)c3ccc(N4CCN(C)CC4)c(Cl)c3)nc2N1C. The average molecular weight is 506 g/mol. The number of hydrogen-bond acceptors (Lipinski definition) is 7. The van der Waals surface area contributed by atoms with Crippen LogP contribution in [0.1, 0.15) is 16.8 Å². The molecular formula is C26H28ClN7O2. The Kier molecular flexibility index (Phi) is 7.58. The van der Waals surface area contributed by atoms with Gasteiger partial charge in [-0.3, -0.25) is 14.9 Å². The molecule has 3 heterocycles. The number of nitrogens with one attached hydrogen (secondary N) is 1. The molecule has 2 aliphatic rings. The van der Waals surface area contributed by atoms with Gasteiger partial charge in [0.25, 0.3) is 5.91 Å². The first kappa shape index (κ1) is 25.2. The minimum atomic E-state index is -0.379. The van der Waals surface area contributed by atoms with E-state index in [4.69, 9.17) is 18.0 Å². The number of fused-ring (bicyclic) bond motifs is 1. The van der Waals surface area contributed by atoms with E-state index in [1.165, 1.54) is 11.1 Å². The topological polar surface area (TPSA) is 84.9 Å². The summed E-state index contributed by atoms with van der Waals surface area (Å²) in [6, 6.07) is 5.27. The standard InChI is InChI=1S/C26H28ClN7O2/c1-5-6-7-8-19-16-23(35)33(4)22-17-28-26(29-24(22)32(19)3)30-25(36)18-9-10-21(20(27)15-18)34-13-11-31(2)12-14-34/h1,6-10,15,17H,11-14,16H2,2-4H3,(H,28,29,30,36)/b7-6-,19-8+. The first-order valence-electron chi connectivity index (χ1n) is 11.5. The smallest absolute Gasteiger partial charge is 0.258 e. The Hall–Kier alpha value is -3.87. The predicted octanol–water partition coefficient (Wildman–Crippen LogP) is 3.01. The van der Waals surface area contributed by atoms with Crippen LogP contribution in [-0.2, 0) is 4.79 Å². The van der Waals surface area contributed by atoms with Gasteiger partial charge in [0.2, 0.25) is 11.9 Å². The third-order valence-corrected chi connectivity index (χ3v) is 6.63. The summed E-state index contributed by atoms with van der Waals surface area (Å²) in [5.74, 6) is 2.53. The summed E-state index contributed by atoms with van der Waals surface area (Å²) in [5.41, 5.74) is 2.55. The van der Waals surface area contributed by atoms with E-state index < -0.39 is 0 Å². The van der Waals surface area contributed by atoms with Crippen molar-refractivity contribution in [2.45, 2.75) is 6.42 Å². The zero-order valence-corrected chi connectivity index (χ0v) is 21.3. The number of allylic oxidation sites excluding steroid dienone is 3. The molecule has 0 radical (unpaired) electrons. The van der Waals surface area contributed by atoms with Gasteiger partial charge in [-0.1, -0.05) is 23.6 Å². The average Bonchev–Trinajstić information content (AvgIpc) is 2.95. The van der Waals surface area contributed by atoms with Crippen molar-refractivity contribution in [1.82, 2.24) is 14.9 Å². The lowest BCUT2D eigenvalue weighted by molar-refractivity contribution is -0.117. The van der Waals surface area contributed by atoms with Crippen LogP contribution in [0.15, 0.2) is 48.3 Å². The van der Waals surface area contributed by atoms with Crippen LogP contribution in [0, 0.1) is 12.3 Å². The molecule has 0 aliphatic carbocycles. The van der Waals surface area contributed by atoms with E-state index in [0.29, 0.717) is 27.8 Å². The van der Waals surface area contributed by atoms with Crippen molar-refractivity contribution in [3.05, 3.63) is 58.9 Å². The third-order valence-electron chi connectivity index (χ3n) is 6.33. The summed E-state index contributed by atoms with van der Waals surface area (Å²) < 4.78 is 0. The zero-order valence-electron chi connectivity index (χ0n) is 20.5. The molecule has 1 saturated heterocycles. The maximum absolute atomic E-state index is 13.0. The van der Waals surface area contributed by atoms with Crippen molar-refractivity contribution in [2.24, 2.45) is 0 Å². The number of carbonyl (C=O) groups excluding carboxylic acids is 2. The number of likely N-dealkylation sites (N-methyl/N-ethyl adjacent to an activating group) is 1. The fourth-order valence-electron chi connectivity index (χ4n) is 4.08. The Morgan fingerprint density at radius 2 is 1.89 bits per heavy atom. The summed E-state index contributed by atoms with van der Waals surface area (Å²) in [6.45, 7) is 3.68. The summed E-state index contributed by atoms with van der Waals surface area (Å²) in [6.07, 6.45) is 12.0. The van der Waals surface area contributed by atoms with Crippen molar-refractivity contribution >= 4 is 46.6 Å². The lowest BCUT2D eigenvalue weighted by Gasteiger charge is -2.34. The highest BCUT2D eigenvalue weighted by atomic mass is 35.5. The molecule has 0 atom stereocenters. The van der Waals surface area contributed by atoms with E-state index in [1.54, 1.807) is 49.4 Å². The molecule has 1 N–H and O–H groups in total. The number of piperazine rings is 1. The number of rotatable bonds is 4. The van der Waals surface area contributed by atoms with Crippen LogP contribution in [0.3, 0.4) is 0 Å². The second kappa shape index (κ2) is 10.8. The first-order chi connectivity index (χ1) is 17.3. The van der Waals surface area contributed by atoms with Crippen LogP contribution in [0.4, 0.5) is 23.1 Å². The maximum Gasteiger partial charge on any atom is 0.258 e. The molecule has 36 heavy (non-hydrogen) atoms. The van der Waals surface area contributed by atoms with Gasteiger partial charge in [0.05, 0.1) is 23.3 Å². The Balaban J connectivity index is 1.56. The number of terminal acetylenes is 1. The van der Waals surface area contributed by atoms with Gasteiger partial charge in [0.15, 0.2) is 5.82 Å². The second-order valence-corrected chi connectivity index (χ2v) is 9.09. The molecule has 10 heteroatoms. The van der Waals surface area contributed by atoms with Gasteiger partial charge in [0.1, 0.15) is 5.69 Å². The highest BCUT2D eigenvalue weighted by Crippen LogP contribution is 2.33. The third kappa shape index (κ3) is 5.35. The second-order valence-electron chi connectivity index (χ2n) is 8.69. The molecule has 1 aromatic carbocycles. The molecule has 0 spiro atoms. The zero-order chi connectivity index (χ0) is 25.8. The minimum absolute atomic E-state index is 0.114. The number of nitrogens with zero attached hydrogens (tertiary/aromatic N) is 6. The van der Waals surface area contributed by atoms with Gasteiger partial charge in [-0.2, -0.15) is 4.98 Å². The predicted molar refractivity (Wildman–Crippen MR) is 144 cm³/mol. The van der Waals surface area contributed by atoms with E-state index in [9.17, 15) is 9.59 Å². The van der Waals surface area contributed by atoms with Crippen LogP contribution in [0.2, 0.25) is 5.02 Å². The van der Waals surface area contributed by atoms with Crippen LogP contribution >= 0.6 is 11.6 Å². The number of benzene rings is 1. The summed E-state index contributed by atoms with van der Waals surface area (Å²) in [4.78, 5) is 42.2. The molecular weight excluding hydrogens is 478 g/mol. The molecule has 2 aliphatic heterocycles. The number of hydrogen-bond donors (Lipinski definition) is 1. The summed E-state index contributed by atoms with van der Waals surface area (Å²) in [7, 11) is 5.56. The molecule has 4 rings (SSSR count). The molecule has 2 amide bonds. The van der Waals surface area contributed by atoms with Crippen molar-refractivity contribution in [1.29, 1.82) is 0 Å². The maximum atomic E-state index is 13.0. The molecule has 0 unspecified atom stereocenters. The van der Waals surface area contributed by atoms with Gasteiger partial charge in [-0.25, -0.2) is 4.98 Å². The normalized spacial score (nSPS) is 17.8. The van der Waals surface area contributed by atoms with E-state index in [2.05, 4.69) is 38.1 Å². The van der Waals surface area contributed by atoms with E-state index in [1.807, 2.05) is 6.07 Å². The van der Waals surface area contributed by atoms with Crippen LogP contribution in [0.5, 0.6) is 0 Å². The quantitative estimate of drug-likeness (QED) is 0.639. The molecule has 186 valence electrons. The fourth-order valence-corrected chi connectivity index (χ4v) is 4.38. The highest BCUT2D eigenvalue weighted by Gasteiger charge is 2.27. The lowest BCUT2D eigenvalue weighted by atomic mass is 10.1. The molecule has 1 aromatic heterocycles. The number of amides is 2. The Morgan fingerprint density at radius 3 is 2.58 bits per heavy atom. The minimum Gasteiger partial charge on any atom is -0.368 e. The van der Waals surface area contributed by atoms with Gasteiger partial charge in [-0.05, 0) is 37.4 Å². The van der Waals surface area contributed by atoms with Crippen molar-refractivity contribution in [2.75, 3.05) is 67.3 Å². The van der Waals surface area contributed by atoms with Crippen LogP contribution in [-0.4, -0.2) is 74.0 Å². The van der Waals surface area contributed by atoms with E-state index in [0.717, 1.165) is 31.9 Å². The number of halogens is 1. The highest BCUT2D eigenvalue weighted by molar-refractivity contribution is 6.33. The first-order valence-corrected chi connectivity index (χ1v) is 11.9. The van der Waals surface area contributed by atoms with Crippen LogP contribution < -0.4 is 20.0 Å². The molecule has 2 aromatic rings. The van der Waals surface area contributed by atoms with Gasteiger partial charge in [-0.15, -0.1) is 6.42 Å². The lowest BCUT2D eigenvalue weighted by Crippen LogP contribution is -2.44. The van der Waals surface area contributed by atoms with Crippen molar-refractivity contribution in [3.8, 4) is 12.3 Å². The summed E-state index contributed by atoms with van der Waals surface area (Å²) >= 11 is 6.54. The van der Waals surface area contributed by atoms with Gasteiger partial charge >= 0.3 is 0 Å². The van der Waals surface area contributed by atoms with Gasteiger partial charge in [0, 0.05) is 51.5 Å². The molecule has 9 nitrogen and oxygen atoms in total. The van der Waals surface area contributed by atoms with Crippen LogP contribution in [0.25, 0.3) is 0 Å². The largest absolute Gasteiger partial charge is 0.368 e. The van der Waals surface area contributed by atoms with E-state index in [-0.39, 0.29) is 24.2 Å². The Bertz CT molecular complexity index is 1280. The number of anilines is 4. The van der Waals surface area contributed by atoms with Crippen molar-refractivity contribution in [3.63, 3.8) is 0 Å². The Labute approximate surface area is 216 Å². The Morgan fingerprint density at radius 1 is 1.14 bits per heavy atom. The summed E-state index contributed by atoms with van der Waals surface area (Å²) in [5, 5.41) is 3.26. The van der Waals surface area contributed by atoms with Gasteiger partial charge < -0.3 is 19.6 Å². The number of aromatic nitrogens is 2. The fraction of sp³-hybridized carbons (Fsp3) is 0.308. The van der Waals surface area contributed by atoms with E-state index >= 15 is 0 Å². The van der Waals surface area contributed by atoms with Crippen molar-refractivity contribution < 1.29 is 9.59 Å². The molecule has 0 bridgehead atoms. The monoisotopic (exact) mass is 505 g/mol. The molecule has 1 fully saturated rings.